The Morgan fingerprint density at radius 1 is 1.05 bits per heavy atom. The molecule has 2 saturated heterocycles. The Bertz CT molecular complexity index is 1150. The van der Waals surface area contributed by atoms with Crippen molar-refractivity contribution in [3.05, 3.63) is 53.6 Å². The standard InChI is InChI=1S/C31H42N4O5/c1-38-28-7-3-2-5-24(28)20-33-30(36)18-23-10-11-35-22-25(23)6-4-14-40-29-9-8-27(34-12-15-39-16-13-34)17-26(29)19-32-21-31(35)37/h2-3,5,7-9,17,23,25,32H,4,6,10-16,18-22H2,1H3,(H,33,36)/t23-,25-/m0/s1. The number of morpholine rings is 1. The van der Waals surface area contributed by atoms with Crippen LogP contribution in [-0.2, 0) is 27.4 Å². The molecule has 0 spiro atoms. The van der Waals surface area contributed by atoms with Gasteiger partial charge in [0.05, 0.1) is 33.5 Å². The third kappa shape index (κ3) is 7.26. The molecule has 2 aromatic carbocycles. The summed E-state index contributed by atoms with van der Waals surface area (Å²) in [6.45, 7) is 6.53. The molecule has 5 rings (SSSR count). The van der Waals surface area contributed by atoms with Gasteiger partial charge in [-0.15, -0.1) is 0 Å². The Morgan fingerprint density at radius 3 is 2.75 bits per heavy atom. The third-order valence-corrected chi connectivity index (χ3v) is 8.35. The second-order valence-corrected chi connectivity index (χ2v) is 10.9. The van der Waals surface area contributed by atoms with E-state index < -0.39 is 0 Å². The lowest BCUT2D eigenvalue weighted by Crippen LogP contribution is -2.47. The summed E-state index contributed by atoms with van der Waals surface area (Å²) in [6.07, 6.45) is 3.10. The van der Waals surface area contributed by atoms with Gasteiger partial charge in [-0.3, -0.25) is 9.59 Å². The molecule has 0 saturated carbocycles. The van der Waals surface area contributed by atoms with Crippen LogP contribution >= 0.6 is 0 Å². The van der Waals surface area contributed by atoms with Gasteiger partial charge in [0, 0.05) is 62.5 Å². The van der Waals surface area contributed by atoms with E-state index in [1.54, 1.807) is 7.11 Å². The van der Waals surface area contributed by atoms with Crippen molar-refractivity contribution in [2.24, 2.45) is 11.8 Å². The van der Waals surface area contributed by atoms with Crippen molar-refractivity contribution >= 4 is 17.5 Å². The van der Waals surface area contributed by atoms with Gasteiger partial charge in [0.25, 0.3) is 0 Å². The Labute approximate surface area is 237 Å². The molecule has 3 aliphatic heterocycles. The highest BCUT2D eigenvalue weighted by atomic mass is 16.5. The fraction of sp³-hybridized carbons (Fsp3) is 0.548. The molecular formula is C31H42N4O5. The average molecular weight is 551 g/mol. The predicted octanol–water partition coefficient (Wildman–Crippen LogP) is 2.97. The zero-order valence-corrected chi connectivity index (χ0v) is 23.5. The number of carbonyl (C=O) groups excluding carboxylic acids is 2. The summed E-state index contributed by atoms with van der Waals surface area (Å²) >= 11 is 0. The van der Waals surface area contributed by atoms with E-state index in [1.165, 1.54) is 0 Å². The van der Waals surface area contributed by atoms with E-state index >= 15 is 0 Å². The fourth-order valence-corrected chi connectivity index (χ4v) is 6.06. The SMILES string of the molecule is COc1ccccc1CNC(=O)C[C@@H]1CCN2C[C@@H]1CCCOc1ccc(N3CCOCC3)cc1CNCC2=O. The molecule has 3 aliphatic rings. The van der Waals surface area contributed by atoms with Crippen LogP contribution in [0.25, 0.3) is 0 Å². The van der Waals surface area contributed by atoms with Crippen LogP contribution in [0.3, 0.4) is 0 Å². The maximum Gasteiger partial charge on any atom is 0.236 e. The van der Waals surface area contributed by atoms with Crippen LogP contribution in [0.2, 0.25) is 0 Å². The maximum atomic E-state index is 13.1. The number of fused-ring (bicyclic) bond motifs is 3. The average Bonchev–Trinajstić information content (AvgIpc) is 3.00. The smallest absolute Gasteiger partial charge is 0.236 e. The largest absolute Gasteiger partial charge is 0.496 e. The molecule has 2 bridgehead atoms. The number of amides is 2. The lowest BCUT2D eigenvalue weighted by Gasteiger charge is -2.38. The van der Waals surface area contributed by atoms with Crippen LogP contribution in [0.5, 0.6) is 11.5 Å². The molecule has 9 heteroatoms. The lowest BCUT2D eigenvalue weighted by molar-refractivity contribution is -0.133. The van der Waals surface area contributed by atoms with Crippen LogP contribution in [0.4, 0.5) is 5.69 Å². The number of piperidine rings is 1. The highest BCUT2D eigenvalue weighted by molar-refractivity contribution is 5.79. The number of carbonyl (C=O) groups is 2. The van der Waals surface area contributed by atoms with Crippen molar-refractivity contribution in [3.63, 3.8) is 0 Å². The first kappa shape index (κ1) is 28.2. The molecule has 0 radical (unpaired) electrons. The van der Waals surface area contributed by atoms with Gasteiger partial charge in [0.2, 0.25) is 11.8 Å². The second-order valence-electron chi connectivity index (χ2n) is 10.9. The number of nitrogens with zero attached hydrogens (tertiary/aromatic N) is 2. The van der Waals surface area contributed by atoms with Gasteiger partial charge in [-0.1, -0.05) is 18.2 Å². The Hall–Kier alpha value is -3.30. The van der Waals surface area contributed by atoms with Gasteiger partial charge in [-0.2, -0.15) is 0 Å². The van der Waals surface area contributed by atoms with Gasteiger partial charge in [-0.05, 0) is 55.4 Å². The summed E-state index contributed by atoms with van der Waals surface area (Å²) in [5.74, 6) is 2.31. The van der Waals surface area contributed by atoms with Crippen molar-refractivity contribution in [1.29, 1.82) is 0 Å². The minimum atomic E-state index is 0.0431. The number of para-hydroxylation sites is 1. The van der Waals surface area contributed by atoms with Crippen LogP contribution in [0, 0.1) is 11.8 Å². The van der Waals surface area contributed by atoms with Crippen molar-refractivity contribution in [3.8, 4) is 11.5 Å². The number of anilines is 1. The molecule has 40 heavy (non-hydrogen) atoms. The van der Waals surface area contributed by atoms with Gasteiger partial charge in [-0.25, -0.2) is 0 Å². The van der Waals surface area contributed by atoms with Crippen molar-refractivity contribution in [2.45, 2.75) is 38.8 Å². The summed E-state index contributed by atoms with van der Waals surface area (Å²) in [6, 6.07) is 14.1. The molecule has 9 nitrogen and oxygen atoms in total. The number of hydrogen-bond donors (Lipinski definition) is 2. The van der Waals surface area contributed by atoms with Crippen LogP contribution < -0.4 is 25.0 Å². The maximum absolute atomic E-state index is 13.1. The summed E-state index contributed by atoms with van der Waals surface area (Å²) in [7, 11) is 1.64. The minimum absolute atomic E-state index is 0.0431. The lowest BCUT2D eigenvalue weighted by atomic mass is 9.80. The first-order valence-corrected chi connectivity index (χ1v) is 14.6. The van der Waals surface area contributed by atoms with E-state index in [4.69, 9.17) is 14.2 Å². The molecule has 0 aliphatic carbocycles. The van der Waals surface area contributed by atoms with E-state index in [1.807, 2.05) is 29.2 Å². The summed E-state index contributed by atoms with van der Waals surface area (Å²) in [4.78, 5) is 30.4. The Morgan fingerprint density at radius 2 is 1.90 bits per heavy atom. The van der Waals surface area contributed by atoms with Gasteiger partial charge < -0.3 is 34.6 Å². The molecule has 0 unspecified atom stereocenters. The molecule has 2 N–H and O–H groups in total. The molecule has 2 fully saturated rings. The Balaban J connectivity index is 1.20. The van der Waals surface area contributed by atoms with Crippen molar-refractivity contribution < 1.29 is 23.8 Å². The molecular weight excluding hydrogens is 508 g/mol. The third-order valence-electron chi connectivity index (χ3n) is 8.35. The molecule has 2 aromatic rings. The van der Waals surface area contributed by atoms with Gasteiger partial charge >= 0.3 is 0 Å². The van der Waals surface area contributed by atoms with Gasteiger partial charge in [0.1, 0.15) is 11.5 Å². The second kappa shape index (κ2) is 13.9. The normalized spacial score (nSPS) is 22.2. The van der Waals surface area contributed by atoms with Crippen molar-refractivity contribution in [1.82, 2.24) is 15.5 Å². The zero-order chi connectivity index (χ0) is 27.7. The topological polar surface area (TPSA) is 92.4 Å². The first-order valence-electron chi connectivity index (χ1n) is 14.6. The van der Waals surface area contributed by atoms with Crippen LogP contribution in [0.1, 0.15) is 36.8 Å². The molecule has 2 amide bonds. The highest BCUT2D eigenvalue weighted by Crippen LogP contribution is 2.32. The van der Waals surface area contributed by atoms with Gasteiger partial charge in [0.15, 0.2) is 0 Å². The van der Waals surface area contributed by atoms with E-state index in [0.717, 1.165) is 73.9 Å². The fourth-order valence-electron chi connectivity index (χ4n) is 6.06. The Kier molecular flexibility index (Phi) is 9.78. The molecule has 0 aromatic heterocycles. The molecule has 2 atom stereocenters. The van der Waals surface area contributed by atoms with Crippen molar-refractivity contribution in [2.75, 3.05) is 64.6 Å². The molecule has 216 valence electrons. The minimum Gasteiger partial charge on any atom is -0.496 e. The van der Waals surface area contributed by atoms with Crippen LogP contribution in [-0.4, -0.2) is 76.4 Å². The van der Waals surface area contributed by atoms with E-state index in [0.29, 0.717) is 39.2 Å². The first-order chi connectivity index (χ1) is 19.6. The quantitative estimate of drug-likeness (QED) is 0.572. The molecule has 3 heterocycles. The van der Waals surface area contributed by atoms with E-state index in [-0.39, 0.29) is 30.2 Å². The number of hydrogen-bond acceptors (Lipinski definition) is 7. The number of methoxy groups -OCH3 is 1. The summed E-state index contributed by atoms with van der Waals surface area (Å²) in [5, 5.41) is 6.43. The number of rotatable bonds is 6. The number of nitrogens with one attached hydrogen (secondary N) is 2. The van der Waals surface area contributed by atoms with E-state index in [2.05, 4.69) is 33.7 Å². The monoisotopic (exact) mass is 550 g/mol. The van der Waals surface area contributed by atoms with Crippen LogP contribution in [0.15, 0.2) is 42.5 Å². The number of ether oxygens (including phenoxy) is 3. The predicted molar refractivity (Wildman–Crippen MR) is 154 cm³/mol. The summed E-state index contributed by atoms with van der Waals surface area (Å²) in [5.41, 5.74) is 3.19. The summed E-state index contributed by atoms with van der Waals surface area (Å²) < 4.78 is 17.2. The zero-order valence-electron chi connectivity index (χ0n) is 23.5. The van der Waals surface area contributed by atoms with E-state index in [9.17, 15) is 9.59 Å². The highest BCUT2D eigenvalue weighted by Gasteiger charge is 2.32. The number of benzene rings is 2.